The van der Waals surface area contributed by atoms with Crippen LogP contribution in [0.15, 0.2) is 0 Å². The molecule has 4 nitrogen and oxygen atoms in total. The van der Waals surface area contributed by atoms with Gasteiger partial charge in [0.25, 0.3) is 0 Å². The topological polar surface area (TPSA) is 58.2 Å². The summed E-state index contributed by atoms with van der Waals surface area (Å²) in [6.45, 7) is 0. The van der Waals surface area contributed by atoms with Gasteiger partial charge in [0.1, 0.15) is 0 Å². The van der Waals surface area contributed by atoms with Gasteiger partial charge in [0, 0.05) is 28.9 Å². The lowest BCUT2D eigenvalue weighted by molar-refractivity contribution is 0.388. The van der Waals surface area contributed by atoms with E-state index in [2.05, 4.69) is 17.4 Å². The van der Waals surface area contributed by atoms with Gasteiger partial charge in [-0.05, 0) is 12.8 Å². The maximum atomic E-state index is 11.1. The Morgan fingerprint density at radius 1 is 1.45 bits per heavy atom. The van der Waals surface area contributed by atoms with Crippen molar-refractivity contribution < 1.29 is 8.42 Å². The molecule has 1 aliphatic rings. The fourth-order valence-corrected chi connectivity index (χ4v) is 3.47. The second-order valence-corrected chi connectivity index (χ2v) is 6.14. The van der Waals surface area contributed by atoms with Crippen LogP contribution in [0.25, 0.3) is 0 Å². The third-order valence-corrected chi connectivity index (χ3v) is 5.67. The molecule has 0 aromatic rings. The molecule has 2 N–H and O–H groups in total. The number of rotatable bonds is 3. The third kappa shape index (κ3) is 2.24. The van der Waals surface area contributed by atoms with Crippen molar-refractivity contribution in [2.75, 3.05) is 0 Å². The quantitative estimate of drug-likeness (QED) is 0.444. The number of hydrogen-bond donors (Lipinski definition) is 2. The molecule has 11 heavy (non-hydrogen) atoms. The number of nitrogens with one attached hydrogen (secondary N) is 2. The highest BCUT2D eigenvalue weighted by molar-refractivity contribution is 14.1. The highest BCUT2D eigenvalue weighted by Crippen LogP contribution is 2.27. The average molecular weight is 308 g/mol. The van der Waals surface area contributed by atoms with E-state index in [9.17, 15) is 8.42 Å². The van der Waals surface area contributed by atoms with E-state index in [1.807, 2.05) is 0 Å². The van der Waals surface area contributed by atoms with E-state index in [0.29, 0.717) is 18.9 Å². The summed E-state index contributed by atoms with van der Waals surface area (Å²) in [5, 5.41) is 2.75. The second kappa shape index (κ2) is 3.83. The summed E-state index contributed by atoms with van der Waals surface area (Å²) in [6, 6.07) is 0.351. The summed E-state index contributed by atoms with van der Waals surface area (Å²) in [4.78, 5) is 0. The maximum Gasteiger partial charge on any atom is 0.223 e. The molecule has 7 heteroatoms. The van der Waals surface area contributed by atoms with Crippen molar-refractivity contribution in [3.8, 4) is 0 Å². The van der Waals surface area contributed by atoms with Crippen molar-refractivity contribution in [1.29, 1.82) is 0 Å². The first-order valence-electron chi connectivity index (χ1n) is 3.17. The molecule has 1 saturated carbocycles. The van der Waals surface area contributed by atoms with E-state index in [1.54, 1.807) is 22.9 Å². The Kier molecular flexibility index (Phi) is 3.52. The van der Waals surface area contributed by atoms with Crippen molar-refractivity contribution in [2.45, 2.75) is 24.1 Å². The molecule has 1 fully saturated rings. The minimum atomic E-state index is -3.02. The highest BCUT2D eigenvalue weighted by Gasteiger charge is 2.37. The van der Waals surface area contributed by atoms with Crippen molar-refractivity contribution in [3.05, 3.63) is 0 Å². The molecule has 1 unspecified atom stereocenters. The number of halogens is 1. The molecule has 0 radical (unpaired) electrons. The largest absolute Gasteiger partial charge is 0.298 e. The monoisotopic (exact) mass is 308 g/mol. The van der Waals surface area contributed by atoms with E-state index < -0.39 is 10.0 Å². The van der Waals surface area contributed by atoms with Gasteiger partial charge >= 0.3 is 0 Å². The molecule has 0 aliphatic heterocycles. The summed E-state index contributed by atoms with van der Waals surface area (Å²) in [7, 11) is -0.621. The second-order valence-electron chi connectivity index (χ2n) is 2.58. The molecular formula is C4H10IN2O2PS. The van der Waals surface area contributed by atoms with Gasteiger partial charge in [-0.25, -0.2) is 8.42 Å². The van der Waals surface area contributed by atoms with E-state index in [4.69, 9.17) is 0 Å². The van der Waals surface area contributed by atoms with Crippen LogP contribution in [0.1, 0.15) is 12.8 Å². The highest BCUT2D eigenvalue weighted by atomic mass is 127. The summed E-state index contributed by atoms with van der Waals surface area (Å²) in [6.07, 6.45) is 1.42. The Morgan fingerprint density at radius 2 is 2.00 bits per heavy atom. The van der Waals surface area contributed by atoms with E-state index in [-0.39, 0.29) is 5.25 Å². The Bertz CT molecular complexity index is 226. The molecular weight excluding hydrogens is 298 g/mol. The molecule has 0 saturated heterocycles. The Morgan fingerprint density at radius 3 is 2.36 bits per heavy atom. The fourth-order valence-electron chi connectivity index (χ4n) is 1.02. The van der Waals surface area contributed by atoms with E-state index in [0.717, 1.165) is 0 Å². The third-order valence-electron chi connectivity index (χ3n) is 1.88. The number of sulfonamides is 1. The molecule has 0 amide bonds. The standard InChI is InChI=1S/C4H10IN2O2PS/c5-7-11(8,9)4-1-3(2-4)6-10/h3-4,6-7H,1-2,10H2. The predicted octanol–water partition coefficient (Wildman–Crippen LogP) is 0.167. The van der Waals surface area contributed by atoms with Gasteiger partial charge in [-0.15, -0.1) is 0 Å². The molecule has 0 aromatic heterocycles. The van der Waals surface area contributed by atoms with Gasteiger partial charge < -0.3 is 0 Å². The maximum absolute atomic E-state index is 11.1. The van der Waals surface area contributed by atoms with Gasteiger partial charge in [-0.1, -0.05) is 9.39 Å². The van der Waals surface area contributed by atoms with Crippen LogP contribution in [0.2, 0.25) is 0 Å². The molecule has 0 spiro atoms. The molecule has 0 aromatic carbocycles. The first kappa shape index (κ1) is 10.1. The van der Waals surface area contributed by atoms with Gasteiger partial charge in [-0.2, -0.15) is 2.94 Å². The van der Waals surface area contributed by atoms with Crippen LogP contribution in [0.4, 0.5) is 0 Å². The van der Waals surface area contributed by atoms with Crippen molar-refractivity contribution in [1.82, 2.24) is 8.02 Å². The van der Waals surface area contributed by atoms with E-state index >= 15 is 0 Å². The van der Waals surface area contributed by atoms with Crippen LogP contribution in [-0.2, 0) is 10.0 Å². The van der Waals surface area contributed by atoms with Crippen molar-refractivity contribution in [2.24, 2.45) is 0 Å². The van der Waals surface area contributed by atoms with E-state index in [1.165, 1.54) is 0 Å². The van der Waals surface area contributed by atoms with Crippen LogP contribution in [0.3, 0.4) is 0 Å². The fraction of sp³-hybridized carbons (Fsp3) is 1.00. The molecule has 66 valence electrons. The summed E-state index contributed by atoms with van der Waals surface area (Å²) in [5.41, 5.74) is 0. The zero-order chi connectivity index (χ0) is 8.48. The van der Waals surface area contributed by atoms with Crippen LogP contribution >= 0.6 is 32.3 Å². The minimum Gasteiger partial charge on any atom is -0.298 e. The first-order chi connectivity index (χ1) is 5.10. The van der Waals surface area contributed by atoms with Gasteiger partial charge in [0.2, 0.25) is 10.0 Å². The molecule has 0 bridgehead atoms. The predicted molar refractivity (Wildman–Crippen MR) is 55.7 cm³/mol. The van der Waals surface area contributed by atoms with Crippen LogP contribution < -0.4 is 8.02 Å². The normalized spacial score (nSPS) is 31.5. The SMILES string of the molecule is O=S(=O)(NI)C1CC(NP)C1. The van der Waals surface area contributed by atoms with Gasteiger partial charge in [0.05, 0.1) is 5.25 Å². The summed E-state index contributed by atoms with van der Waals surface area (Å²) in [5.74, 6) is 0. The molecule has 1 aliphatic carbocycles. The van der Waals surface area contributed by atoms with Crippen LogP contribution in [0.5, 0.6) is 0 Å². The lowest BCUT2D eigenvalue weighted by atomic mass is 9.93. The van der Waals surface area contributed by atoms with Crippen LogP contribution in [0, 0.1) is 0 Å². The first-order valence-corrected chi connectivity index (χ1v) is 6.37. The minimum absolute atomic E-state index is 0.197. The average Bonchev–Trinajstić information content (AvgIpc) is 1.85. The zero-order valence-corrected chi connectivity index (χ0v) is 9.88. The van der Waals surface area contributed by atoms with Crippen molar-refractivity contribution >= 4 is 42.3 Å². The molecule has 1 atom stereocenters. The molecule has 0 heterocycles. The Hall–Kier alpha value is 1.03. The smallest absolute Gasteiger partial charge is 0.223 e. The Labute approximate surface area is 82.7 Å². The summed E-state index contributed by atoms with van der Waals surface area (Å²) >= 11 is 1.66. The number of hydrogen-bond acceptors (Lipinski definition) is 3. The van der Waals surface area contributed by atoms with Gasteiger partial charge in [-0.3, -0.25) is 5.09 Å². The lowest BCUT2D eigenvalue weighted by Gasteiger charge is -2.33. The van der Waals surface area contributed by atoms with Crippen molar-refractivity contribution in [3.63, 3.8) is 0 Å². The van der Waals surface area contributed by atoms with Gasteiger partial charge in [0.15, 0.2) is 0 Å². The lowest BCUT2D eigenvalue weighted by Crippen LogP contribution is -2.46. The molecule has 1 rings (SSSR count). The zero-order valence-electron chi connectivity index (χ0n) is 5.75. The Balaban J connectivity index is 2.44. The van der Waals surface area contributed by atoms with Crippen LogP contribution in [-0.4, -0.2) is 19.7 Å². The summed E-state index contributed by atoms with van der Waals surface area (Å²) < 4.78 is 24.5.